The molecule has 2 atom stereocenters. The molecule has 1 fully saturated rings. The van der Waals surface area contributed by atoms with Crippen molar-refractivity contribution in [2.75, 3.05) is 13.1 Å². The second kappa shape index (κ2) is 6.71. The maximum absolute atomic E-state index is 11.2. The van der Waals surface area contributed by atoms with Gasteiger partial charge in [0.05, 0.1) is 5.92 Å². The van der Waals surface area contributed by atoms with Crippen LogP contribution in [0, 0.1) is 11.8 Å². The average Bonchev–Trinajstić information content (AvgIpc) is 2.64. The Morgan fingerprint density at radius 1 is 1.37 bits per heavy atom. The molecule has 1 aromatic carbocycles. The molecule has 104 valence electrons. The fraction of sp³-hybridized carbons (Fsp3) is 0.562. The Morgan fingerprint density at radius 3 is 2.79 bits per heavy atom. The van der Waals surface area contributed by atoms with Crippen molar-refractivity contribution < 1.29 is 9.90 Å². The van der Waals surface area contributed by atoms with E-state index in [4.69, 9.17) is 0 Å². The van der Waals surface area contributed by atoms with Crippen molar-refractivity contribution in [2.45, 2.75) is 32.7 Å². The second-order valence-electron chi connectivity index (χ2n) is 5.60. The Bertz CT molecular complexity index is 404. The topological polar surface area (TPSA) is 40.5 Å². The third-order valence-electron chi connectivity index (χ3n) is 4.14. The minimum atomic E-state index is -0.661. The lowest BCUT2D eigenvalue weighted by Crippen LogP contribution is -2.33. The molecular weight excluding hydrogens is 238 g/mol. The molecule has 1 saturated heterocycles. The summed E-state index contributed by atoms with van der Waals surface area (Å²) in [6.45, 7) is 4.77. The molecule has 0 spiro atoms. The summed E-state index contributed by atoms with van der Waals surface area (Å²) in [5.74, 6) is -0.619. The normalized spacial score (nSPS) is 22.7. The standard InChI is InChI=1S/C16H23NO2/c1-13(16(18)19)15-9-5-6-10-17(12-15)11-14-7-3-2-4-8-14/h2-4,7-8,13,15H,5-6,9-12H2,1H3,(H,18,19). The quantitative estimate of drug-likeness (QED) is 0.905. The van der Waals surface area contributed by atoms with E-state index in [0.717, 1.165) is 32.5 Å². The third-order valence-corrected chi connectivity index (χ3v) is 4.14. The minimum absolute atomic E-state index is 0.239. The van der Waals surface area contributed by atoms with Crippen LogP contribution in [0.2, 0.25) is 0 Å². The van der Waals surface area contributed by atoms with Gasteiger partial charge < -0.3 is 5.11 Å². The minimum Gasteiger partial charge on any atom is -0.481 e. The van der Waals surface area contributed by atoms with Gasteiger partial charge in [0.15, 0.2) is 0 Å². The number of carbonyl (C=O) groups is 1. The molecule has 0 saturated carbocycles. The summed E-state index contributed by atoms with van der Waals surface area (Å²) < 4.78 is 0. The van der Waals surface area contributed by atoms with E-state index in [0.29, 0.717) is 0 Å². The number of carboxylic acid groups (broad SMARTS) is 1. The van der Waals surface area contributed by atoms with Gasteiger partial charge in [0, 0.05) is 13.1 Å². The highest BCUT2D eigenvalue weighted by Crippen LogP contribution is 2.24. The van der Waals surface area contributed by atoms with Crippen LogP contribution in [0.3, 0.4) is 0 Å². The zero-order valence-corrected chi connectivity index (χ0v) is 11.6. The Balaban J connectivity index is 1.98. The fourth-order valence-electron chi connectivity index (χ4n) is 2.85. The molecule has 1 heterocycles. The van der Waals surface area contributed by atoms with E-state index in [2.05, 4.69) is 29.2 Å². The second-order valence-corrected chi connectivity index (χ2v) is 5.60. The fourth-order valence-corrected chi connectivity index (χ4v) is 2.85. The predicted molar refractivity (Wildman–Crippen MR) is 75.9 cm³/mol. The number of carboxylic acids is 1. The highest BCUT2D eigenvalue weighted by atomic mass is 16.4. The van der Waals surface area contributed by atoms with Crippen molar-refractivity contribution in [3.63, 3.8) is 0 Å². The molecule has 0 aliphatic carbocycles. The maximum Gasteiger partial charge on any atom is 0.306 e. The van der Waals surface area contributed by atoms with Crippen molar-refractivity contribution in [2.24, 2.45) is 11.8 Å². The molecule has 2 rings (SSSR count). The van der Waals surface area contributed by atoms with Crippen LogP contribution in [0.4, 0.5) is 0 Å². The van der Waals surface area contributed by atoms with Gasteiger partial charge in [-0.25, -0.2) is 0 Å². The van der Waals surface area contributed by atoms with Gasteiger partial charge in [0.25, 0.3) is 0 Å². The Labute approximate surface area is 115 Å². The lowest BCUT2D eigenvalue weighted by Gasteiger charge is -2.26. The zero-order valence-electron chi connectivity index (χ0n) is 11.6. The first-order valence-corrected chi connectivity index (χ1v) is 7.16. The van der Waals surface area contributed by atoms with Gasteiger partial charge >= 0.3 is 5.97 Å². The van der Waals surface area contributed by atoms with Crippen molar-refractivity contribution in [3.8, 4) is 0 Å². The Hall–Kier alpha value is -1.35. The van der Waals surface area contributed by atoms with Gasteiger partial charge in [-0.05, 0) is 30.9 Å². The van der Waals surface area contributed by atoms with Crippen molar-refractivity contribution in [3.05, 3.63) is 35.9 Å². The highest BCUT2D eigenvalue weighted by Gasteiger charge is 2.27. The molecule has 0 aromatic heterocycles. The monoisotopic (exact) mass is 261 g/mol. The average molecular weight is 261 g/mol. The molecule has 1 N–H and O–H groups in total. The molecule has 0 amide bonds. The molecule has 1 aliphatic heterocycles. The van der Waals surface area contributed by atoms with Crippen LogP contribution < -0.4 is 0 Å². The van der Waals surface area contributed by atoms with Gasteiger partial charge in [-0.3, -0.25) is 9.69 Å². The first-order chi connectivity index (χ1) is 9.16. The maximum atomic E-state index is 11.2. The predicted octanol–water partition coefficient (Wildman–Crippen LogP) is 3.01. The van der Waals surface area contributed by atoms with Crippen LogP contribution in [0.15, 0.2) is 30.3 Å². The lowest BCUT2D eigenvalue weighted by molar-refractivity contribution is -0.143. The van der Waals surface area contributed by atoms with Crippen molar-refractivity contribution in [1.29, 1.82) is 0 Å². The van der Waals surface area contributed by atoms with Crippen LogP contribution in [0.25, 0.3) is 0 Å². The summed E-state index contributed by atoms with van der Waals surface area (Å²) in [5.41, 5.74) is 1.31. The highest BCUT2D eigenvalue weighted by molar-refractivity contribution is 5.69. The molecule has 1 aromatic rings. The van der Waals surface area contributed by atoms with Crippen molar-refractivity contribution >= 4 is 5.97 Å². The van der Waals surface area contributed by atoms with E-state index >= 15 is 0 Å². The van der Waals surface area contributed by atoms with E-state index in [9.17, 15) is 9.90 Å². The molecule has 3 heteroatoms. The molecule has 2 unspecified atom stereocenters. The molecule has 0 radical (unpaired) electrons. The summed E-state index contributed by atoms with van der Waals surface area (Å²) >= 11 is 0. The van der Waals surface area contributed by atoms with Crippen LogP contribution >= 0.6 is 0 Å². The summed E-state index contributed by atoms with van der Waals surface area (Å²) in [5, 5.41) is 9.18. The largest absolute Gasteiger partial charge is 0.481 e. The number of nitrogens with zero attached hydrogens (tertiary/aromatic N) is 1. The summed E-state index contributed by atoms with van der Waals surface area (Å²) in [6.07, 6.45) is 3.36. The zero-order chi connectivity index (χ0) is 13.7. The summed E-state index contributed by atoms with van der Waals surface area (Å²) in [6, 6.07) is 10.4. The van der Waals surface area contributed by atoms with Crippen LogP contribution in [0.5, 0.6) is 0 Å². The molecular formula is C16H23NO2. The third kappa shape index (κ3) is 4.06. The number of benzene rings is 1. The van der Waals surface area contributed by atoms with Gasteiger partial charge in [-0.2, -0.15) is 0 Å². The first-order valence-electron chi connectivity index (χ1n) is 7.16. The van der Waals surface area contributed by atoms with Crippen LogP contribution in [-0.2, 0) is 11.3 Å². The number of likely N-dealkylation sites (tertiary alicyclic amines) is 1. The Kier molecular flexibility index (Phi) is 4.97. The van der Waals surface area contributed by atoms with Gasteiger partial charge in [-0.15, -0.1) is 0 Å². The molecule has 0 bridgehead atoms. The number of aliphatic carboxylic acids is 1. The van der Waals surface area contributed by atoms with Crippen molar-refractivity contribution in [1.82, 2.24) is 4.90 Å². The first kappa shape index (κ1) is 14.1. The summed E-state index contributed by atoms with van der Waals surface area (Å²) in [4.78, 5) is 13.6. The van der Waals surface area contributed by atoms with Crippen LogP contribution in [-0.4, -0.2) is 29.1 Å². The Morgan fingerprint density at radius 2 is 2.11 bits per heavy atom. The van der Waals surface area contributed by atoms with Crippen LogP contribution in [0.1, 0.15) is 31.7 Å². The van der Waals surface area contributed by atoms with Gasteiger partial charge in [-0.1, -0.05) is 43.7 Å². The van der Waals surface area contributed by atoms with E-state index in [-0.39, 0.29) is 11.8 Å². The van der Waals surface area contributed by atoms with Gasteiger partial charge in [0.1, 0.15) is 0 Å². The SMILES string of the molecule is CC(C(=O)O)C1CCCCN(Cc2ccccc2)C1. The number of hydrogen-bond acceptors (Lipinski definition) is 2. The molecule has 3 nitrogen and oxygen atoms in total. The smallest absolute Gasteiger partial charge is 0.306 e. The van der Waals surface area contributed by atoms with E-state index in [1.807, 2.05) is 13.0 Å². The van der Waals surface area contributed by atoms with E-state index < -0.39 is 5.97 Å². The molecule has 1 aliphatic rings. The number of rotatable bonds is 4. The lowest BCUT2D eigenvalue weighted by atomic mass is 9.90. The summed E-state index contributed by atoms with van der Waals surface area (Å²) in [7, 11) is 0. The van der Waals surface area contributed by atoms with E-state index in [1.54, 1.807) is 0 Å². The molecule has 19 heavy (non-hydrogen) atoms. The van der Waals surface area contributed by atoms with E-state index in [1.165, 1.54) is 12.0 Å². The van der Waals surface area contributed by atoms with Gasteiger partial charge in [0.2, 0.25) is 0 Å². The number of hydrogen-bond donors (Lipinski definition) is 1.